The van der Waals surface area contributed by atoms with Gasteiger partial charge in [0.25, 0.3) is 0 Å². The van der Waals surface area contributed by atoms with E-state index in [4.69, 9.17) is 15.2 Å². The van der Waals surface area contributed by atoms with Crippen molar-refractivity contribution in [2.24, 2.45) is 4.99 Å². The zero-order valence-electron chi connectivity index (χ0n) is 14.3. The van der Waals surface area contributed by atoms with Gasteiger partial charge in [-0.25, -0.2) is 0 Å². The maximum absolute atomic E-state index is 11.7. The van der Waals surface area contributed by atoms with Crippen molar-refractivity contribution >= 4 is 33.8 Å². The van der Waals surface area contributed by atoms with Crippen molar-refractivity contribution in [2.45, 2.75) is 20.0 Å². The van der Waals surface area contributed by atoms with E-state index in [1.807, 2.05) is 36.4 Å². The van der Waals surface area contributed by atoms with E-state index in [0.29, 0.717) is 24.7 Å². The van der Waals surface area contributed by atoms with Crippen molar-refractivity contribution in [1.29, 1.82) is 0 Å². The van der Waals surface area contributed by atoms with Crippen molar-refractivity contribution in [3.8, 4) is 5.75 Å². The van der Waals surface area contributed by atoms with Crippen LogP contribution in [0.15, 0.2) is 45.9 Å². The number of benzene rings is 2. The van der Waals surface area contributed by atoms with Crippen LogP contribution in [0, 0.1) is 0 Å². The van der Waals surface area contributed by atoms with Crippen LogP contribution >= 0.6 is 15.9 Å². The van der Waals surface area contributed by atoms with Crippen molar-refractivity contribution in [3.05, 3.63) is 57.6 Å². The molecule has 2 aromatic rings. The molecule has 0 spiro atoms. The van der Waals surface area contributed by atoms with Gasteiger partial charge >= 0.3 is 5.97 Å². The Hall–Kier alpha value is -2.34. The molecule has 0 unspecified atom stereocenters. The van der Waals surface area contributed by atoms with Crippen LogP contribution in [0.4, 0.5) is 5.69 Å². The Morgan fingerprint density at radius 3 is 2.76 bits per heavy atom. The summed E-state index contributed by atoms with van der Waals surface area (Å²) < 4.78 is 11.8. The van der Waals surface area contributed by atoms with Gasteiger partial charge in [0.2, 0.25) is 0 Å². The van der Waals surface area contributed by atoms with Gasteiger partial charge in [-0.05, 0) is 30.7 Å². The van der Waals surface area contributed by atoms with Gasteiger partial charge in [0.15, 0.2) is 0 Å². The van der Waals surface area contributed by atoms with E-state index in [1.54, 1.807) is 20.2 Å². The minimum Gasteiger partial charge on any atom is -0.489 e. The summed E-state index contributed by atoms with van der Waals surface area (Å²) in [6.45, 7) is 2.49. The molecule has 0 aliphatic carbocycles. The zero-order valence-corrected chi connectivity index (χ0v) is 15.9. The van der Waals surface area contributed by atoms with Gasteiger partial charge in [-0.2, -0.15) is 0 Å². The number of para-hydroxylation sites is 1. The molecule has 0 aromatic heterocycles. The summed E-state index contributed by atoms with van der Waals surface area (Å²) in [7, 11) is 1.70. The third-order valence-electron chi connectivity index (χ3n) is 3.49. The van der Waals surface area contributed by atoms with Crippen LogP contribution < -0.4 is 10.5 Å². The Morgan fingerprint density at radius 1 is 1.32 bits per heavy atom. The fourth-order valence-electron chi connectivity index (χ4n) is 2.37. The molecule has 2 aromatic carbocycles. The number of halogens is 1. The first kappa shape index (κ1) is 19.0. The average Bonchev–Trinajstić information content (AvgIpc) is 2.57. The highest BCUT2D eigenvalue weighted by Crippen LogP contribution is 2.26. The molecule has 0 radical (unpaired) electrons. The van der Waals surface area contributed by atoms with E-state index in [1.165, 1.54) is 0 Å². The van der Waals surface area contributed by atoms with Crippen LogP contribution in [0.5, 0.6) is 5.75 Å². The first-order chi connectivity index (χ1) is 12.0. The molecular weight excluding hydrogens is 384 g/mol. The monoisotopic (exact) mass is 404 g/mol. The summed E-state index contributed by atoms with van der Waals surface area (Å²) in [5.74, 6) is 0.387. The number of nitrogens with zero attached hydrogens (tertiary/aromatic N) is 1. The Labute approximate surface area is 156 Å². The summed E-state index contributed by atoms with van der Waals surface area (Å²) in [6, 6.07) is 11.2. The number of carbonyl (C=O) groups is 1. The first-order valence-electron chi connectivity index (χ1n) is 7.91. The van der Waals surface area contributed by atoms with Crippen LogP contribution in [0.3, 0.4) is 0 Å². The van der Waals surface area contributed by atoms with E-state index in [-0.39, 0.29) is 12.4 Å². The fraction of sp³-hybridized carbons (Fsp3) is 0.263. The van der Waals surface area contributed by atoms with Gasteiger partial charge < -0.3 is 15.2 Å². The Kier molecular flexibility index (Phi) is 7.01. The lowest BCUT2D eigenvalue weighted by atomic mass is 10.1. The number of anilines is 1. The molecule has 0 fully saturated rings. The van der Waals surface area contributed by atoms with Crippen molar-refractivity contribution in [1.82, 2.24) is 0 Å². The van der Waals surface area contributed by atoms with Crippen LogP contribution in [0.2, 0.25) is 0 Å². The van der Waals surface area contributed by atoms with Crippen LogP contribution in [-0.4, -0.2) is 25.8 Å². The molecule has 25 heavy (non-hydrogen) atoms. The Morgan fingerprint density at radius 2 is 2.08 bits per heavy atom. The number of rotatable bonds is 7. The number of hydrogen-bond acceptors (Lipinski definition) is 5. The largest absolute Gasteiger partial charge is 0.489 e. The highest BCUT2D eigenvalue weighted by molar-refractivity contribution is 9.10. The van der Waals surface area contributed by atoms with E-state index in [0.717, 1.165) is 21.2 Å². The average molecular weight is 405 g/mol. The van der Waals surface area contributed by atoms with Crippen molar-refractivity contribution in [3.63, 3.8) is 0 Å². The van der Waals surface area contributed by atoms with Gasteiger partial charge in [0.1, 0.15) is 12.4 Å². The molecule has 0 bridgehead atoms. The van der Waals surface area contributed by atoms with Gasteiger partial charge in [-0.1, -0.05) is 34.1 Å². The lowest BCUT2D eigenvalue weighted by Crippen LogP contribution is -2.09. The second kappa shape index (κ2) is 9.22. The summed E-state index contributed by atoms with van der Waals surface area (Å²) in [6.07, 6.45) is 1.89. The highest BCUT2D eigenvalue weighted by atomic mass is 79.9. The molecule has 2 rings (SSSR count). The van der Waals surface area contributed by atoms with E-state index in [2.05, 4.69) is 20.9 Å². The van der Waals surface area contributed by atoms with Gasteiger partial charge in [-0.3, -0.25) is 9.79 Å². The van der Waals surface area contributed by atoms with Crippen LogP contribution in [0.1, 0.15) is 23.6 Å². The topological polar surface area (TPSA) is 73.9 Å². The van der Waals surface area contributed by atoms with Gasteiger partial charge in [0.05, 0.1) is 13.0 Å². The molecule has 0 saturated heterocycles. The number of ether oxygens (including phenoxy) is 2. The molecule has 132 valence electrons. The molecular formula is C19H21BrN2O3. The molecule has 0 saturated carbocycles. The summed E-state index contributed by atoms with van der Waals surface area (Å²) in [5.41, 5.74) is 9.25. The van der Waals surface area contributed by atoms with Crippen molar-refractivity contribution < 1.29 is 14.3 Å². The lowest BCUT2D eigenvalue weighted by Gasteiger charge is -2.13. The fourth-order valence-corrected chi connectivity index (χ4v) is 2.99. The molecule has 6 heteroatoms. The minimum absolute atomic E-state index is 0.182. The number of nitrogen functional groups attached to an aromatic ring is 1. The highest BCUT2D eigenvalue weighted by Gasteiger charge is 2.11. The van der Waals surface area contributed by atoms with Crippen LogP contribution in [-0.2, 0) is 22.6 Å². The molecule has 0 amide bonds. The second-order valence-electron chi connectivity index (χ2n) is 5.35. The van der Waals surface area contributed by atoms with Crippen molar-refractivity contribution in [2.75, 3.05) is 19.4 Å². The number of nitrogens with two attached hydrogens (primary N) is 1. The van der Waals surface area contributed by atoms with Gasteiger partial charge in [0, 0.05) is 34.5 Å². The third kappa shape index (κ3) is 5.32. The lowest BCUT2D eigenvalue weighted by molar-refractivity contribution is -0.142. The predicted octanol–water partition coefficient (Wildman–Crippen LogP) is 3.76. The smallest absolute Gasteiger partial charge is 0.310 e. The SMILES string of the molecule is CCOC(=O)Cc1ccccc1OCc1cc(N)c(C=NC)c(Br)c1. The maximum atomic E-state index is 11.7. The number of hydrogen-bond donors (Lipinski definition) is 1. The third-order valence-corrected chi connectivity index (χ3v) is 4.14. The normalized spacial score (nSPS) is 10.8. The summed E-state index contributed by atoms with van der Waals surface area (Å²) in [5, 5.41) is 0. The van der Waals surface area contributed by atoms with E-state index in [9.17, 15) is 4.79 Å². The Balaban J connectivity index is 2.13. The second-order valence-corrected chi connectivity index (χ2v) is 6.20. The molecule has 2 N–H and O–H groups in total. The first-order valence-corrected chi connectivity index (χ1v) is 8.70. The summed E-state index contributed by atoms with van der Waals surface area (Å²) in [4.78, 5) is 15.7. The Bertz CT molecular complexity index is 752. The standard InChI is InChI=1S/C19H21BrN2O3/c1-3-24-19(23)10-14-6-4-5-7-18(14)25-12-13-8-16(20)15(11-22-2)17(21)9-13/h4-9,11H,3,10,12,21H2,1-2H3. The molecule has 5 nitrogen and oxygen atoms in total. The molecule has 0 aliphatic heterocycles. The number of aliphatic imine (C=N–C) groups is 1. The molecule has 0 aliphatic rings. The number of esters is 1. The number of carbonyl (C=O) groups excluding carboxylic acids is 1. The minimum atomic E-state index is -0.270. The molecule has 0 atom stereocenters. The predicted molar refractivity (Wildman–Crippen MR) is 103 cm³/mol. The summed E-state index contributed by atoms with van der Waals surface area (Å²) >= 11 is 3.50. The zero-order chi connectivity index (χ0) is 18.2. The molecule has 0 heterocycles. The maximum Gasteiger partial charge on any atom is 0.310 e. The quantitative estimate of drug-likeness (QED) is 0.433. The van der Waals surface area contributed by atoms with Crippen LogP contribution in [0.25, 0.3) is 0 Å². The van der Waals surface area contributed by atoms with Gasteiger partial charge in [-0.15, -0.1) is 0 Å². The van der Waals surface area contributed by atoms with E-state index >= 15 is 0 Å². The van der Waals surface area contributed by atoms with E-state index < -0.39 is 0 Å².